The Morgan fingerprint density at radius 3 is 2.83 bits per heavy atom. The van der Waals surface area contributed by atoms with Crippen LogP contribution >= 0.6 is 11.5 Å². The van der Waals surface area contributed by atoms with E-state index in [9.17, 15) is 4.79 Å². The summed E-state index contributed by atoms with van der Waals surface area (Å²) in [6, 6.07) is 0. The molecule has 0 saturated heterocycles. The fourth-order valence-electron chi connectivity index (χ4n) is 1.47. The van der Waals surface area contributed by atoms with Crippen LogP contribution < -0.4 is 11.1 Å². The molecule has 0 fully saturated rings. The number of anilines is 2. The van der Waals surface area contributed by atoms with Crippen molar-refractivity contribution < 1.29 is 14.3 Å². The Bertz CT molecular complexity index is 382. The Morgan fingerprint density at radius 1 is 1.39 bits per heavy atom. The van der Waals surface area contributed by atoms with Crippen LogP contribution in [0, 0.1) is 0 Å². The molecule has 0 amide bonds. The fraction of sp³-hybridized carbons (Fsp3) is 0.636. The number of esters is 1. The summed E-state index contributed by atoms with van der Waals surface area (Å²) in [5, 5.41) is 3.83. The van der Waals surface area contributed by atoms with E-state index in [0.717, 1.165) is 32.4 Å². The van der Waals surface area contributed by atoms with E-state index < -0.39 is 5.97 Å². The molecule has 0 aromatic carbocycles. The SMILES string of the molecule is COCCCCCNc1snc(N)c1C(=O)OC. The number of nitrogens with two attached hydrogens (primary N) is 1. The maximum atomic E-state index is 11.5. The molecule has 1 rings (SSSR count). The Kier molecular flexibility index (Phi) is 6.45. The zero-order chi connectivity index (χ0) is 13.4. The molecule has 0 aliphatic carbocycles. The summed E-state index contributed by atoms with van der Waals surface area (Å²) in [5.74, 6) is -0.239. The van der Waals surface area contributed by atoms with Gasteiger partial charge in [-0.2, -0.15) is 4.37 Å². The number of hydrogen-bond donors (Lipinski definition) is 2. The molecular formula is C11H19N3O3S. The van der Waals surface area contributed by atoms with E-state index in [1.807, 2.05) is 0 Å². The fourth-order valence-corrected chi connectivity index (χ4v) is 2.20. The molecule has 7 heteroatoms. The van der Waals surface area contributed by atoms with Gasteiger partial charge in [0.25, 0.3) is 0 Å². The highest BCUT2D eigenvalue weighted by molar-refractivity contribution is 7.11. The molecule has 1 aromatic heterocycles. The van der Waals surface area contributed by atoms with Crippen LogP contribution in [-0.4, -0.2) is 37.7 Å². The van der Waals surface area contributed by atoms with Gasteiger partial charge in [-0.25, -0.2) is 4.79 Å². The molecule has 0 atom stereocenters. The first-order chi connectivity index (χ1) is 8.70. The lowest BCUT2D eigenvalue weighted by atomic mass is 10.2. The number of hydrogen-bond acceptors (Lipinski definition) is 7. The molecule has 0 radical (unpaired) electrons. The zero-order valence-electron chi connectivity index (χ0n) is 10.7. The normalized spacial score (nSPS) is 10.3. The third-order valence-electron chi connectivity index (χ3n) is 2.42. The lowest BCUT2D eigenvalue weighted by molar-refractivity contribution is 0.0603. The van der Waals surface area contributed by atoms with Gasteiger partial charge in [0, 0.05) is 20.3 Å². The molecule has 1 heterocycles. The van der Waals surface area contributed by atoms with Gasteiger partial charge in [0.15, 0.2) is 5.82 Å². The average molecular weight is 273 g/mol. The second-order valence-corrected chi connectivity index (χ2v) is 4.52. The second kappa shape index (κ2) is 7.88. The Labute approximate surface area is 111 Å². The van der Waals surface area contributed by atoms with Gasteiger partial charge in [0.2, 0.25) is 0 Å². The molecule has 1 aromatic rings. The summed E-state index contributed by atoms with van der Waals surface area (Å²) < 4.78 is 13.6. The average Bonchev–Trinajstić information content (AvgIpc) is 2.74. The number of nitrogen functional groups attached to an aromatic ring is 1. The van der Waals surface area contributed by atoms with E-state index in [2.05, 4.69) is 14.4 Å². The minimum absolute atomic E-state index is 0.216. The number of rotatable bonds is 8. The van der Waals surface area contributed by atoms with Crippen LogP contribution in [0.1, 0.15) is 29.6 Å². The van der Waals surface area contributed by atoms with Crippen LogP contribution in [0.25, 0.3) is 0 Å². The van der Waals surface area contributed by atoms with Crippen LogP contribution in [0.2, 0.25) is 0 Å². The van der Waals surface area contributed by atoms with Gasteiger partial charge in [-0.3, -0.25) is 0 Å². The second-order valence-electron chi connectivity index (χ2n) is 3.74. The molecule has 0 aliphatic heterocycles. The summed E-state index contributed by atoms with van der Waals surface area (Å²) >= 11 is 1.18. The number of aromatic nitrogens is 1. The minimum Gasteiger partial charge on any atom is -0.465 e. The van der Waals surface area contributed by atoms with Crippen LogP contribution in [-0.2, 0) is 9.47 Å². The highest BCUT2D eigenvalue weighted by Crippen LogP contribution is 2.27. The molecule has 3 N–H and O–H groups in total. The lowest BCUT2D eigenvalue weighted by Gasteiger charge is -2.05. The highest BCUT2D eigenvalue weighted by atomic mass is 32.1. The molecule has 0 spiro atoms. The van der Waals surface area contributed by atoms with Crippen molar-refractivity contribution in [3.63, 3.8) is 0 Å². The number of carbonyl (C=O) groups is 1. The minimum atomic E-state index is -0.455. The summed E-state index contributed by atoms with van der Waals surface area (Å²) in [7, 11) is 3.02. The van der Waals surface area contributed by atoms with Crippen LogP contribution in [0.15, 0.2) is 0 Å². The predicted molar refractivity (Wildman–Crippen MR) is 72.1 cm³/mol. The van der Waals surface area contributed by atoms with E-state index in [1.165, 1.54) is 18.6 Å². The summed E-state index contributed by atoms with van der Waals surface area (Å²) in [6.07, 6.45) is 3.11. The predicted octanol–water partition coefficient (Wildman–Crippen LogP) is 1.74. The van der Waals surface area contributed by atoms with Gasteiger partial charge in [0.05, 0.1) is 7.11 Å². The van der Waals surface area contributed by atoms with Crippen molar-refractivity contribution >= 4 is 28.3 Å². The van der Waals surface area contributed by atoms with Crippen molar-refractivity contribution in [2.75, 3.05) is 38.4 Å². The Balaban J connectivity index is 2.40. The number of nitrogens with one attached hydrogen (secondary N) is 1. The largest absolute Gasteiger partial charge is 0.465 e. The van der Waals surface area contributed by atoms with Crippen molar-refractivity contribution in [2.24, 2.45) is 0 Å². The van der Waals surface area contributed by atoms with Crippen molar-refractivity contribution in [3.05, 3.63) is 5.56 Å². The topological polar surface area (TPSA) is 86.5 Å². The van der Waals surface area contributed by atoms with Gasteiger partial charge in [-0.15, -0.1) is 0 Å². The van der Waals surface area contributed by atoms with Gasteiger partial charge >= 0.3 is 5.97 Å². The third-order valence-corrected chi connectivity index (χ3v) is 3.24. The molecule has 0 unspecified atom stereocenters. The summed E-state index contributed by atoms with van der Waals surface area (Å²) in [6.45, 7) is 1.55. The molecule has 6 nitrogen and oxygen atoms in total. The van der Waals surface area contributed by atoms with E-state index in [4.69, 9.17) is 10.5 Å². The van der Waals surface area contributed by atoms with Crippen molar-refractivity contribution in [3.8, 4) is 0 Å². The van der Waals surface area contributed by atoms with Gasteiger partial charge < -0.3 is 20.5 Å². The molecule has 0 saturated carbocycles. The maximum Gasteiger partial charge on any atom is 0.344 e. The van der Waals surface area contributed by atoms with Crippen molar-refractivity contribution in [1.29, 1.82) is 0 Å². The monoisotopic (exact) mass is 273 g/mol. The zero-order valence-corrected chi connectivity index (χ0v) is 11.5. The Morgan fingerprint density at radius 2 is 2.17 bits per heavy atom. The van der Waals surface area contributed by atoms with Crippen molar-refractivity contribution in [2.45, 2.75) is 19.3 Å². The first kappa shape index (κ1) is 14.7. The lowest BCUT2D eigenvalue weighted by Crippen LogP contribution is -2.09. The smallest absolute Gasteiger partial charge is 0.344 e. The van der Waals surface area contributed by atoms with Crippen LogP contribution in [0.3, 0.4) is 0 Å². The first-order valence-electron chi connectivity index (χ1n) is 5.77. The van der Waals surface area contributed by atoms with E-state index in [-0.39, 0.29) is 5.82 Å². The molecule has 102 valence electrons. The standard InChI is InChI=1S/C11H19N3O3S/c1-16-7-5-3-4-6-13-10-8(11(15)17-2)9(12)14-18-10/h13H,3-7H2,1-2H3,(H2,12,14). The van der Waals surface area contributed by atoms with Gasteiger partial charge in [0.1, 0.15) is 10.6 Å². The van der Waals surface area contributed by atoms with E-state index >= 15 is 0 Å². The number of ether oxygens (including phenoxy) is 2. The van der Waals surface area contributed by atoms with Crippen molar-refractivity contribution in [1.82, 2.24) is 4.37 Å². The van der Waals surface area contributed by atoms with Crippen LogP contribution in [0.5, 0.6) is 0 Å². The third kappa shape index (κ3) is 4.15. The summed E-state index contributed by atoms with van der Waals surface area (Å²) in [5.41, 5.74) is 5.96. The Hall–Kier alpha value is -1.34. The first-order valence-corrected chi connectivity index (χ1v) is 6.54. The van der Waals surface area contributed by atoms with Gasteiger partial charge in [-0.05, 0) is 30.8 Å². The number of methoxy groups -OCH3 is 2. The highest BCUT2D eigenvalue weighted by Gasteiger charge is 2.19. The quantitative estimate of drug-likeness (QED) is 0.554. The summed E-state index contributed by atoms with van der Waals surface area (Å²) in [4.78, 5) is 11.5. The molecular weight excluding hydrogens is 254 g/mol. The number of nitrogens with zero attached hydrogens (tertiary/aromatic N) is 1. The van der Waals surface area contributed by atoms with Gasteiger partial charge in [-0.1, -0.05) is 0 Å². The molecule has 0 aliphatic rings. The molecule has 0 bridgehead atoms. The van der Waals surface area contributed by atoms with E-state index in [0.29, 0.717) is 10.6 Å². The number of carbonyl (C=O) groups excluding carboxylic acids is 1. The maximum absolute atomic E-state index is 11.5. The number of unbranched alkanes of at least 4 members (excludes halogenated alkanes) is 2. The van der Waals surface area contributed by atoms with E-state index in [1.54, 1.807) is 7.11 Å². The molecule has 18 heavy (non-hydrogen) atoms. The van der Waals surface area contributed by atoms with Crippen LogP contribution in [0.4, 0.5) is 10.8 Å².